The summed E-state index contributed by atoms with van der Waals surface area (Å²) in [6, 6.07) is 7.67. The fourth-order valence-corrected chi connectivity index (χ4v) is 3.44. The molecule has 0 aliphatic carbocycles. The first kappa shape index (κ1) is 16.7. The van der Waals surface area contributed by atoms with Gasteiger partial charge in [-0.15, -0.1) is 0 Å². The van der Waals surface area contributed by atoms with E-state index in [0.717, 1.165) is 29.0 Å². The Balaban J connectivity index is 1.97. The molecule has 2 rings (SSSR count). The number of likely N-dealkylation sites (tertiary alicyclic amines) is 1. The molecule has 1 heterocycles. The van der Waals surface area contributed by atoms with E-state index < -0.39 is 0 Å². The third-order valence-corrected chi connectivity index (χ3v) is 5.34. The molecule has 1 fully saturated rings. The number of carbonyl (C=O) groups is 1. The van der Waals surface area contributed by atoms with Crippen LogP contribution in [0.3, 0.4) is 0 Å². The third kappa shape index (κ3) is 4.17. The van der Waals surface area contributed by atoms with Crippen LogP contribution in [0.2, 0.25) is 0 Å². The van der Waals surface area contributed by atoms with E-state index in [1.54, 1.807) is 0 Å². The lowest BCUT2D eigenvalue weighted by Crippen LogP contribution is -2.45. The number of carbonyl (C=O) groups excluding carboxylic acids is 1. The van der Waals surface area contributed by atoms with Gasteiger partial charge in [0.25, 0.3) is 0 Å². The number of nitrogens with zero attached hydrogens (tertiary/aromatic N) is 1. The summed E-state index contributed by atoms with van der Waals surface area (Å²) in [5, 5.41) is 0. The normalized spacial score (nSPS) is 19.5. The highest BCUT2D eigenvalue weighted by Crippen LogP contribution is 2.34. The Morgan fingerprint density at radius 3 is 2.19 bits per heavy atom. The van der Waals surface area contributed by atoms with Crippen molar-refractivity contribution >= 4 is 21.7 Å². The van der Waals surface area contributed by atoms with Crippen molar-refractivity contribution in [2.75, 3.05) is 13.1 Å². The quantitative estimate of drug-likeness (QED) is 0.730. The average Bonchev–Trinajstić information content (AvgIpc) is 2.46. The number of ketones is 1. The zero-order valence-corrected chi connectivity index (χ0v) is 15.1. The van der Waals surface area contributed by atoms with Crippen LogP contribution in [0.5, 0.6) is 0 Å². The van der Waals surface area contributed by atoms with Crippen molar-refractivity contribution in [2.24, 2.45) is 11.3 Å². The number of hydrogen-bond donors (Lipinski definition) is 0. The van der Waals surface area contributed by atoms with E-state index in [9.17, 15) is 4.79 Å². The van der Waals surface area contributed by atoms with Crippen LogP contribution in [0, 0.1) is 11.3 Å². The number of benzene rings is 1. The lowest BCUT2D eigenvalue weighted by Gasteiger charge is -2.40. The van der Waals surface area contributed by atoms with Crippen LogP contribution < -0.4 is 0 Å². The van der Waals surface area contributed by atoms with Gasteiger partial charge in [-0.3, -0.25) is 9.69 Å². The summed E-state index contributed by atoms with van der Waals surface area (Å²) < 4.78 is 1.01. The van der Waals surface area contributed by atoms with Crippen LogP contribution >= 0.6 is 15.9 Å². The molecule has 1 saturated heterocycles. The van der Waals surface area contributed by atoms with Gasteiger partial charge in [0.1, 0.15) is 0 Å². The molecule has 0 aromatic heterocycles. The molecule has 0 spiro atoms. The third-order valence-electron chi connectivity index (χ3n) is 4.81. The van der Waals surface area contributed by atoms with E-state index in [1.807, 2.05) is 31.2 Å². The van der Waals surface area contributed by atoms with Crippen LogP contribution in [-0.4, -0.2) is 29.8 Å². The Morgan fingerprint density at radius 2 is 1.71 bits per heavy atom. The average molecular weight is 352 g/mol. The molecule has 21 heavy (non-hydrogen) atoms. The first-order valence-electron chi connectivity index (χ1n) is 7.83. The van der Waals surface area contributed by atoms with Crippen molar-refractivity contribution in [3.8, 4) is 0 Å². The maximum Gasteiger partial charge on any atom is 0.179 e. The Kier molecular flexibility index (Phi) is 5.26. The smallest absolute Gasteiger partial charge is 0.179 e. The van der Waals surface area contributed by atoms with Crippen molar-refractivity contribution in [3.05, 3.63) is 34.3 Å². The molecular weight excluding hydrogens is 326 g/mol. The minimum absolute atomic E-state index is 0.0212. The number of hydrogen-bond acceptors (Lipinski definition) is 2. The molecule has 1 aromatic rings. The maximum atomic E-state index is 12.6. The number of rotatable bonds is 3. The molecule has 1 unspecified atom stereocenters. The lowest BCUT2D eigenvalue weighted by atomic mass is 9.75. The molecule has 0 saturated carbocycles. The van der Waals surface area contributed by atoms with E-state index in [1.165, 1.54) is 12.8 Å². The molecule has 1 aliphatic rings. The summed E-state index contributed by atoms with van der Waals surface area (Å²) in [4.78, 5) is 14.9. The van der Waals surface area contributed by atoms with Gasteiger partial charge in [0.05, 0.1) is 6.04 Å². The second-order valence-corrected chi connectivity index (χ2v) is 8.14. The number of Topliss-reactive ketones (excluding diaryl/α,β-unsaturated/α-hetero) is 1. The van der Waals surface area contributed by atoms with Crippen molar-refractivity contribution < 1.29 is 4.79 Å². The lowest BCUT2D eigenvalue weighted by molar-refractivity contribution is 0.0660. The Morgan fingerprint density at radius 1 is 1.19 bits per heavy atom. The molecule has 2 nitrogen and oxygen atoms in total. The highest BCUT2D eigenvalue weighted by Gasteiger charge is 2.32. The molecular formula is C18H26BrNO. The van der Waals surface area contributed by atoms with Gasteiger partial charge in [-0.2, -0.15) is 0 Å². The van der Waals surface area contributed by atoms with Gasteiger partial charge in [-0.25, -0.2) is 0 Å². The standard InChI is InChI=1S/C18H26BrNO/c1-13(17(21)14-5-7-16(19)8-6-14)20-11-9-15(10-12-20)18(2,3)4/h5-8,13,15H,9-12H2,1-4H3. The summed E-state index contributed by atoms with van der Waals surface area (Å²) in [7, 11) is 0. The molecule has 1 aromatic carbocycles. The first-order chi connectivity index (χ1) is 9.79. The zero-order valence-electron chi connectivity index (χ0n) is 13.5. The number of piperidine rings is 1. The second-order valence-electron chi connectivity index (χ2n) is 7.22. The summed E-state index contributed by atoms with van der Waals surface area (Å²) in [6.45, 7) is 11.1. The monoisotopic (exact) mass is 351 g/mol. The molecule has 3 heteroatoms. The summed E-state index contributed by atoms with van der Waals surface area (Å²) in [5.41, 5.74) is 1.19. The van der Waals surface area contributed by atoms with Gasteiger partial charge in [-0.05, 0) is 56.3 Å². The first-order valence-corrected chi connectivity index (χ1v) is 8.62. The largest absolute Gasteiger partial charge is 0.293 e. The summed E-state index contributed by atoms with van der Waals surface area (Å²) in [5.74, 6) is 1.00. The molecule has 116 valence electrons. The van der Waals surface area contributed by atoms with Gasteiger partial charge in [0.2, 0.25) is 0 Å². The van der Waals surface area contributed by atoms with Crippen molar-refractivity contribution in [3.63, 3.8) is 0 Å². The van der Waals surface area contributed by atoms with Gasteiger partial charge >= 0.3 is 0 Å². The Bertz CT molecular complexity index is 481. The molecule has 0 amide bonds. The topological polar surface area (TPSA) is 20.3 Å². The summed E-state index contributed by atoms with van der Waals surface area (Å²) in [6.07, 6.45) is 2.39. The number of halogens is 1. The van der Waals surface area contributed by atoms with Crippen molar-refractivity contribution in [1.82, 2.24) is 4.90 Å². The maximum absolute atomic E-state index is 12.6. The van der Waals surface area contributed by atoms with E-state index in [2.05, 4.69) is 41.6 Å². The predicted octanol–water partition coefficient (Wildman–Crippen LogP) is 4.78. The van der Waals surface area contributed by atoms with Gasteiger partial charge in [0, 0.05) is 10.0 Å². The van der Waals surface area contributed by atoms with Gasteiger partial charge in [-0.1, -0.05) is 48.8 Å². The van der Waals surface area contributed by atoms with Crippen LogP contribution in [0.15, 0.2) is 28.7 Å². The van der Waals surface area contributed by atoms with Crippen molar-refractivity contribution in [1.29, 1.82) is 0 Å². The minimum Gasteiger partial charge on any atom is -0.293 e. The molecule has 0 radical (unpaired) electrons. The fraction of sp³-hybridized carbons (Fsp3) is 0.611. The minimum atomic E-state index is -0.0212. The van der Waals surface area contributed by atoms with E-state index in [0.29, 0.717) is 5.41 Å². The molecule has 0 bridgehead atoms. The van der Waals surface area contributed by atoms with Crippen LogP contribution in [0.1, 0.15) is 50.9 Å². The second kappa shape index (κ2) is 6.62. The Hall–Kier alpha value is -0.670. The van der Waals surface area contributed by atoms with Gasteiger partial charge in [0.15, 0.2) is 5.78 Å². The highest BCUT2D eigenvalue weighted by molar-refractivity contribution is 9.10. The van der Waals surface area contributed by atoms with Crippen LogP contribution in [-0.2, 0) is 0 Å². The van der Waals surface area contributed by atoms with Crippen LogP contribution in [0.25, 0.3) is 0 Å². The van der Waals surface area contributed by atoms with E-state index in [-0.39, 0.29) is 11.8 Å². The highest BCUT2D eigenvalue weighted by atomic mass is 79.9. The van der Waals surface area contributed by atoms with E-state index >= 15 is 0 Å². The van der Waals surface area contributed by atoms with Crippen LogP contribution in [0.4, 0.5) is 0 Å². The SMILES string of the molecule is CC(C(=O)c1ccc(Br)cc1)N1CCC(C(C)(C)C)CC1. The summed E-state index contributed by atoms with van der Waals surface area (Å²) >= 11 is 3.41. The van der Waals surface area contributed by atoms with Crippen molar-refractivity contribution in [2.45, 2.75) is 46.6 Å². The predicted molar refractivity (Wildman–Crippen MR) is 91.7 cm³/mol. The molecule has 0 N–H and O–H groups in total. The van der Waals surface area contributed by atoms with Gasteiger partial charge < -0.3 is 0 Å². The molecule has 1 atom stereocenters. The molecule has 1 aliphatic heterocycles. The Labute approximate surface area is 137 Å². The van der Waals surface area contributed by atoms with E-state index in [4.69, 9.17) is 0 Å². The zero-order chi connectivity index (χ0) is 15.6. The fourth-order valence-electron chi connectivity index (χ4n) is 3.17.